The lowest BCUT2D eigenvalue weighted by atomic mass is 10.1. The molecule has 2 aromatic carbocycles. The number of carbonyl (C=O) groups is 2. The number of carbonyl (C=O) groups excluding carboxylic acids is 2. The summed E-state index contributed by atoms with van der Waals surface area (Å²) in [5.41, 5.74) is 2.56. The fourth-order valence-electron chi connectivity index (χ4n) is 3.04. The molecule has 0 aliphatic carbocycles. The summed E-state index contributed by atoms with van der Waals surface area (Å²) in [4.78, 5) is 26.3. The van der Waals surface area contributed by atoms with Gasteiger partial charge in [0.25, 0.3) is 0 Å². The first kappa shape index (κ1) is 19.3. The molecule has 1 heterocycles. The summed E-state index contributed by atoms with van der Waals surface area (Å²) in [5, 5.41) is 2.83. The van der Waals surface area contributed by atoms with Gasteiger partial charge in [0, 0.05) is 23.9 Å². The Hall–Kier alpha value is -2.47. The van der Waals surface area contributed by atoms with Gasteiger partial charge < -0.3 is 10.1 Å². The van der Waals surface area contributed by atoms with E-state index in [9.17, 15) is 9.59 Å². The molecule has 6 heteroatoms. The van der Waals surface area contributed by atoms with Crippen molar-refractivity contribution in [1.82, 2.24) is 0 Å². The van der Waals surface area contributed by atoms with Crippen molar-refractivity contribution in [2.24, 2.45) is 0 Å². The molecule has 0 bridgehead atoms. The van der Waals surface area contributed by atoms with E-state index in [0.29, 0.717) is 17.9 Å². The highest BCUT2D eigenvalue weighted by atomic mass is 32.2. The average molecular weight is 385 g/mol. The molecule has 0 spiro atoms. The van der Waals surface area contributed by atoms with Crippen molar-refractivity contribution in [3.05, 3.63) is 54.1 Å². The van der Waals surface area contributed by atoms with E-state index in [1.165, 1.54) is 0 Å². The number of nitrogens with zero attached hydrogens (tertiary/aromatic N) is 1. The zero-order valence-corrected chi connectivity index (χ0v) is 16.4. The number of unbranched alkanes of at least 4 members (excludes halogenated alkanes) is 1. The van der Waals surface area contributed by atoms with Gasteiger partial charge in [-0.25, -0.2) is 0 Å². The molecule has 2 aromatic rings. The summed E-state index contributed by atoms with van der Waals surface area (Å²) in [6.07, 6.45) is 2.39. The van der Waals surface area contributed by atoms with E-state index < -0.39 is 0 Å². The molecule has 1 atom stereocenters. The van der Waals surface area contributed by atoms with Gasteiger partial charge in [0.2, 0.25) is 11.8 Å². The normalized spacial score (nSPS) is 16.4. The van der Waals surface area contributed by atoms with Gasteiger partial charge in [-0.3, -0.25) is 14.5 Å². The quantitative estimate of drug-likeness (QED) is 0.758. The molecule has 0 aromatic heterocycles. The topological polar surface area (TPSA) is 58.6 Å². The number of methoxy groups -OCH3 is 1. The molecular formula is C21H24N2O3S. The van der Waals surface area contributed by atoms with Crippen LogP contribution in [-0.4, -0.2) is 24.7 Å². The maximum atomic E-state index is 12.5. The van der Waals surface area contributed by atoms with Gasteiger partial charge in [-0.2, -0.15) is 0 Å². The Balaban J connectivity index is 1.83. The van der Waals surface area contributed by atoms with E-state index in [0.717, 1.165) is 29.8 Å². The molecule has 5 nitrogen and oxygen atoms in total. The van der Waals surface area contributed by atoms with Crippen LogP contribution in [-0.2, 0) is 9.59 Å². The molecule has 3 rings (SSSR count). The molecular weight excluding hydrogens is 360 g/mol. The molecule has 0 radical (unpaired) electrons. The van der Waals surface area contributed by atoms with Crippen LogP contribution in [0.15, 0.2) is 48.5 Å². The van der Waals surface area contributed by atoms with Crippen LogP contribution in [0.3, 0.4) is 0 Å². The van der Waals surface area contributed by atoms with Crippen LogP contribution in [0.25, 0.3) is 0 Å². The van der Waals surface area contributed by atoms with Gasteiger partial charge in [-0.1, -0.05) is 31.5 Å². The van der Waals surface area contributed by atoms with E-state index in [1.54, 1.807) is 23.8 Å². The first-order valence-electron chi connectivity index (χ1n) is 9.10. The minimum atomic E-state index is -0.128. The summed E-state index contributed by atoms with van der Waals surface area (Å²) in [6.45, 7) is 2.06. The van der Waals surface area contributed by atoms with E-state index in [4.69, 9.17) is 4.74 Å². The number of nitrogens with one attached hydrogen (secondary N) is 1. The second kappa shape index (κ2) is 8.95. The van der Waals surface area contributed by atoms with Crippen molar-refractivity contribution < 1.29 is 14.3 Å². The van der Waals surface area contributed by atoms with E-state index in [1.807, 2.05) is 48.5 Å². The third kappa shape index (κ3) is 4.63. The van der Waals surface area contributed by atoms with Crippen LogP contribution >= 0.6 is 11.8 Å². The van der Waals surface area contributed by atoms with Gasteiger partial charge in [0.15, 0.2) is 0 Å². The predicted molar refractivity (Wildman–Crippen MR) is 110 cm³/mol. The molecule has 1 N–H and O–H groups in total. The lowest BCUT2D eigenvalue weighted by Gasteiger charge is -2.25. The Kier molecular flexibility index (Phi) is 6.40. The van der Waals surface area contributed by atoms with Crippen molar-refractivity contribution in [3.8, 4) is 5.75 Å². The zero-order valence-electron chi connectivity index (χ0n) is 15.6. The maximum Gasteiger partial charge on any atom is 0.238 e. The standard InChI is InChI=1S/C21H24N2O3S/c1-3-4-11-19(24)22-16-8-5-7-15(12-16)21-23(20(25)14-27-21)17-9-6-10-18(13-17)26-2/h5-10,12-13,21H,3-4,11,14H2,1-2H3,(H,22,24)/t21-/m0/s1. The van der Waals surface area contributed by atoms with Crippen LogP contribution in [0.5, 0.6) is 5.75 Å². The van der Waals surface area contributed by atoms with Crippen LogP contribution in [0, 0.1) is 0 Å². The van der Waals surface area contributed by atoms with Crippen LogP contribution < -0.4 is 15.0 Å². The summed E-state index contributed by atoms with van der Waals surface area (Å²) in [5.74, 6) is 1.23. The van der Waals surface area contributed by atoms with Gasteiger partial charge in [-0.15, -0.1) is 11.8 Å². The lowest BCUT2D eigenvalue weighted by molar-refractivity contribution is -0.116. The third-order valence-electron chi connectivity index (χ3n) is 4.41. The Morgan fingerprint density at radius 1 is 1.26 bits per heavy atom. The average Bonchev–Trinajstić information content (AvgIpc) is 3.08. The van der Waals surface area contributed by atoms with E-state index >= 15 is 0 Å². The smallest absolute Gasteiger partial charge is 0.238 e. The molecule has 0 unspecified atom stereocenters. The zero-order chi connectivity index (χ0) is 19.2. The molecule has 27 heavy (non-hydrogen) atoms. The summed E-state index contributed by atoms with van der Waals surface area (Å²) >= 11 is 1.58. The van der Waals surface area contributed by atoms with Crippen molar-refractivity contribution >= 4 is 35.0 Å². The number of anilines is 2. The highest BCUT2D eigenvalue weighted by molar-refractivity contribution is 8.00. The molecule has 1 aliphatic rings. The summed E-state index contributed by atoms with van der Waals surface area (Å²) in [7, 11) is 1.61. The molecule has 1 aliphatic heterocycles. The highest BCUT2D eigenvalue weighted by Gasteiger charge is 2.34. The van der Waals surface area contributed by atoms with Crippen molar-refractivity contribution in [2.45, 2.75) is 31.6 Å². The van der Waals surface area contributed by atoms with Crippen molar-refractivity contribution in [2.75, 3.05) is 23.1 Å². The number of thioether (sulfide) groups is 1. The van der Waals surface area contributed by atoms with E-state index in [2.05, 4.69) is 12.2 Å². The summed E-state index contributed by atoms with van der Waals surface area (Å²) in [6, 6.07) is 15.3. The van der Waals surface area contributed by atoms with Crippen LogP contribution in [0.1, 0.15) is 37.1 Å². The Bertz CT molecular complexity index is 825. The fourth-order valence-corrected chi connectivity index (χ4v) is 4.21. The molecule has 1 fully saturated rings. The largest absolute Gasteiger partial charge is 0.497 e. The fraction of sp³-hybridized carbons (Fsp3) is 0.333. The van der Waals surface area contributed by atoms with Crippen molar-refractivity contribution in [3.63, 3.8) is 0 Å². The highest BCUT2D eigenvalue weighted by Crippen LogP contribution is 2.42. The first-order chi connectivity index (χ1) is 13.1. The number of amides is 2. The number of ether oxygens (including phenoxy) is 1. The van der Waals surface area contributed by atoms with Gasteiger partial charge in [-0.05, 0) is 36.2 Å². The number of rotatable bonds is 7. The molecule has 1 saturated heterocycles. The Morgan fingerprint density at radius 2 is 2.07 bits per heavy atom. The molecule has 2 amide bonds. The Labute approximate surface area is 164 Å². The third-order valence-corrected chi connectivity index (χ3v) is 5.62. The SMILES string of the molecule is CCCCC(=O)Nc1cccc([C@@H]2SCC(=O)N2c2cccc(OC)c2)c1. The predicted octanol–water partition coefficient (Wildman–Crippen LogP) is 4.60. The van der Waals surface area contributed by atoms with Gasteiger partial charge in [0.05, 0.1) is 12.9 Å². The van der Waals surface area contributed by atoms with Crippen LogP contribution in [0.4, 0.5) is 11.4 Å². The maximum absolute atomic E-state index is 12.5. The second-order valence-corrected chi connectivity index (χ2v) is 7.47. The van der Waals surface area contributed by atoms with Gasteiger partial charge in [0.1, 0.15) is 11.1 Å². The molecule has 142 valence electrons. The monoisotopic (exact) mass is 384 g/mol. The minimum absolute atomic E-state index is 0.0220. The van der Waals surface area contributed by atoms with Gasteiger partial charge >= 0.3 is 0 Å². The first-order valence-corrected chi connectivity index (χ1v) is 10.1. The van der Waals surface area contributed by atoms with Crippen molar-refractivity contribution in [1.29, 1.82) is 0 Å². The molecule has 0 saturated carbocycles. The van der Waals surface area contributed by atoms with Crippen LogP contribution in [0.2, 0.25) is 0 Å². The number of hydrogen-bond acceptors (Lipinski definition) is 4. The lowest BCUT2D eigenvalue weighted by Crippen LogP contribution is -2.27. The summed E-state index contributed by atoms with van der Waals surface area (Å²) < 4.78 is 5.29. The number of hydrogen-bond donors (Lipinski definition) is 1. The second-order valence-electron chi connectivity index (χ2n) is 6.41. The van der Waals surface area contributed by atoms with E-state index in [-0.39, 0.29) is 17.2 Å². The minimum Gasteiger partial charge on any atom is -0.497 e. The number of benzene rings is 2. The Morgan fingerprint density at radius 3 is 2.85 bits per heavy atom.